The number of carboxylic acids is 1. The Hall–Kier alpha value is -1.32. The van der Waals surface area contributed by atoms with Crippen LogP contribution in [-0.4, -0.2) is 23.5 Å². The lowest BCUT2D eigenvalue weighted by molar-refractivity contribution is -0.131. The van der Waals surface area contributed by atoms with E-state index in [1.54, 1.807) is 0 Å². The molecule has 1 aliphatic rings. The van der Waals surface area contributed by atoms with Gasteiger partial charge in [-0.25, -0.2) is 4.79 Å². The molecule has 1 atom stereocenters. The maximum Gasteiger partial charge on any atom is 0.328 e. The van der Waals surface area contributed by atoms with E-state index in [0.29, 0.717) is 12.5 Å². The summed E-state index contributed by atoms with van der Waals surface area (Å²) < 4.78 is 0. The van der Waals surface area contributed by atoms with Gasteiger partial charge < -0.3 is 10.4 Å². The van der Waals surface area contributed by atoms with Gasteiger partial charge in [0, 0.05) is 18.7 Å². The predicted molar refractivity (Wildman–Crippen MR) is 51.7 cm³/mol. The molecule has 0 aromatic carbocycles. The first-order valence-corrected chi connectivity index (χ1v) is 4.78. The number of carbonyl (C=O) groups excluding carboxylic acids is 1. The normalized spacial score (nSPS) is 18.1. The summed E-state index contributed by atoms with van der Waals surface area (Å²) in [5, 5.41) is 10.9. The number of rotatable bonds is 5. The van der Waals surface area contributed by atoms with Crippen molar-refractivity contribution in [2.45, 2.75) is 19.8 Å². The number of hydrogen-bond donors (Lipinski definition) is 2. The minimum Gasteiger partial charge on any atom is -0.478 e. The summed E-state index contributed by atoms with van der Waals surface area (Å²) >= 11 is 0. The molecule has 4 heteroatoms. The highest BCUT2D eigenvalue weighted by atomic mass is 16.4. The summed E-state index contributed by atoms with van der Waals surface area (Å²) in [4.78, 5) is 21.1. The molecule has 2 N–H and O–H groups in total. The Labute approximate surface area is 83.0 Å². The highest BCUT2D eigenvalue weighted by molar-refractivity contribution is 5.93. The van der Waals surface area contributed by atoms with E-state index in [1.807, 2.05) is 0 Å². The van der Waals surface area contributed by atoms with Gasteiger partial charge in [-0.1, -0.05) is 6.92 Å². The Balaban J connectivity index is 2.16. The Morgan fingerprint density at radius 1 is 1.50 bits per heavy atom. The van der Waals surface area contributed by atoms with Crippen molar-refractivity contribution in [1.82, 2.24) is 5.32 Å². The van der Waals surface area contributed by atoms with Crippen molar-refractivity contribution in [3.63, 3.8) is 0 Å². The first-order chi connectivity index (χ1) is 6.59. The number of hydrogen-bond acceptors (Lipinski definition) is 2. The average molecular weight is 197 g/mol. The molecule has 0 radical (unpaired) electrons. The fraction of sp³-hybridized carbons (Fsp3) is 0.600. The van der Waals surface area contributed by atoms with Gasteiger partial charge in [-0.15, -0.1) is 0 Å². The molecule has 14 heavy (non-hydrogen) atoms. The minimum atomic E-state index is -1.10. The SMILES string of the molecule is CC(CNC(=O)/C=C/C(=O)O)C1CC1. The highest BCUT2D eigenvalue weighted by Gasteiger charge is 2.27. The average Bonchev–Trinajstić information content (AvgIpc) is 2.93. The standard InChI is InChI=1S/C10H15NO3/c1-7(8-2-3-8)6-11-9(12)4-5-10(13)14/h4-5,7-8H,2-3,6H2,1H3,(H,11,12)(H,13,14)/b5-4+. The Bertz CT molecular complexity index is 256. The van der Waals surface area contributed by atoms with Crippen LogP contribution in [0, 0.1) is 11.8 Å². The molecule has 0 aromatic heterocycles. The quantitative estimate of drug-likeness (QED) is 0.640. The molecule has 0 aromatic rings. The molecule has 1 saturated carbocycles. The molecule has 1 aliphatic carbocycles. The second-order valence-electron chi connectivity index (χ2n) is 3.73. The van der Waals surface area contributed by atoms with Crippen LogP contribution in [0.15, 0.2) is 12.2 Å². The highest BCUT2D eigenvalue weighted by Crippen LogP contribution is 2.35. The second kappa shape index (κ2) is 4.79. The zero-order valence-corrected chi connectivity index (χ0v) is 8.19. The first kappa shape index (κ1) is 10.8. The number of amides is 1. The van der Waals surface area contributed by atoms with Crippen molar-refractivity contribution >= 4 is 11.9 Å². The zero-order chi connectivity index (χ0) is 10.6. The first-order valence-electron chi connectivity index (χ1n) is 4.78. The molecule has 1 fully saturated rings. The van der Waals surface area contributed by atoms with Gasteiger partial charge in [-0.2, -0.15) is 0 Å². The van der Waals surface area contributed by atoms with Crippen molar-refractivity contribution in [2.24, 2.45) is 11.8 Å². The summed E-state index contributed by atoms with van der Waals surface area (Å²) in [7, 11) is 0. The van der Waals surface area contributed by atoms with Gasteiger partial charge >= 0.3 is 5.97 Å². The summed E-state index contributed by atoms with van der Waals surface area (Å²) in [6.07, 6.45) is 4.39. The molecule has 0 heterocycles. The number of aliphatic carboxylic acids is 1. The molecular weight excluding hydrogens is 182 g/mol. The predicted octanol–water partition coefficient (Wildman–Crippen LogP) is 0.789. The third kappa shape index (κ3) is 4.07. The third-order valence-corrected chi connectivity index (χ3v) is 2.40. The van der Waals surface area contributed by atoms with Crippen LogP contribution in [0.2, 0.25) is 0 Å². The van der Waals surface area contributed by atoms with Crippen molar-refractivity contribution in [1.29, 1.82) is 0 Å². The molecule has 0 spiro atoms. The number of nitrogens with one attached hydrogen (secondary N) is 1. The fourth-order valence-corrected chi connectivity index (χ4v) is 1.30. The summed E-state index contributed by atoms with van der Waals surface area (Å²) in [5.41, 5.74) is 0. The van der Waals surface area contributed by atoms with Crippen LogP contribution in [0.1, 0.15) is 19.8 Å². The largest absolute Gasteiger partial charge is 0.478 e. The molecular formula is C10H15NO3. The lowest BCUT2D eigenvalue weighted by Crippen LogP contribution is -2.27. The van der Waals surface area contributed by atoms with Crippen molar-refractivity contribution in [3.8, 4) is 0 Å². The fourth-order valence-electron chi connectivity index (χ4n) is 1.30. The van der Waals surface area contributed by atoms with Crippen LogP contribution in [0.3, 0.4) is 0 Å². The molecule has 0 saturated heterocycles. The summed E-state index contributed by atoms with van der Waals surface area (Å²) in [5.74, 6) is -0.189. The molecule has 4 nitrogen and oxygen atoms in total. The van der Waals surface area contributed by atoms with E-state index in [1.165, 1.54) is 12.8 Å². The van der Waals surface area contributed by atoms with E-state index < -0.39 is 5.97 Å². The van der Waals surface area contributed by atoms with Gasteiger partial charge in [0.1, 0.15) is 0 Å². The molecule has 0 bridgehead atoms. The van der Waals surface area contributed by atoms with Crippen LogP contribution in [0.4, 0.5) is 0 Å². The molecule has 1 amide bonds. The van der Waals surface area contributed by atoms with E-state index in [9.17, 15) is 9.59 Å². The van der Waals surface area contributed by atoms with E-state index >= 15 is 0 Å². The van der Waals surface area contributed by atoms with Gasteiger partial charge in [-0.3, -0.25) is 4.79 Å². The maximum atomic E-state index is 11.0. The summed E-state index contributed by atoms with van der Waals surface area (Å²) in [6.45, 7) is 2.73. The number of carbonyl (C=O) groups is 2. The Morgan fingerprint density at radius 3 is 2.64 bits per heavy atom. The summed E-state index contributed by atoms with van der Waals surface area (Å²) in [6, 6.07) is 0. The van der Waals surface area contributed by atoms with Gasteiger partial charge in [-0.05, 0) is 24.7 Å². The third-order valence-electron chi connectivity index (χ3n) is 2.40. The molecule has 1 unspecified atom stereocenters. The van der Waals surface area contributed by atoms with E-state index in [0.717, 1.165) is 18.1 Å². The molecule has 0 aliphatic heterocycles. The van der Waals surface area contributed by atoms with Gasteiger partial charge in [0.15, 0.2) is 0 Å². The van der Waals surface area contributed by atoms with Crippen LogP contribution in [0.5, 0.6) is 0 Å². The van der Waals surface area contributed by atoms with Crippen LogP contribution >= 0.6 is 0 Å². The molecule has 78 valence electrons. The van der Waals surface area contributed by atoms with Crippen LogP contribution in [-0.2, 0) is 9.59 Å². The van der Waals surface area contributed by atoms with E-state index in [-0.39, 0.29) is 5.91 Å². The van der Waals surface area contributed by atoms with E-state index in [4.69, 9.17) is 5.11 Å². The zero-order valence-electron chi connectivity index (χ0n) is 8.19. The van der Waals surface area contributed by atoms with Gasteiger partial charge in [0.2, 0.25) is 5.91 Å². The van der Waals surface area contributed by atoms with Crippen molar-refractivity contribution in [3.05, 3.63) is 12.2 Å². The van der Waals surface area contributed by atoms with E-state index in [2.05, 4.69) is 12.2 Å². The Morgan fingerprint density at radius 2 is 2.14 bits per heavy atom. The van der Waals surface area contributed by atoms with Crippen LogP contribution in [0.25, 0.3) is 0 Å². The second-order valence-corrected chi connectivity index (χ2v) is 3.73. The lowest BCUT2D eigenvalue weighted by Gasteiger charge is -2.09. The maximum absolute atomic E-state index is 11.0. The topological polar surface area (TPSA) is 66.4 Å². The van der Waals surface area contributed by atoms with Crippen molar-refractivity contribution < 1.29 is 14.7 Å². The van der Waals surface area contributed by atoms with Crippen molar-refractivity contribution in [2.75, 3.05) is 6.54 Å². The number of carboxylic acid groups (broad SMARTS) is 1. The smallest absolute Gasteiger partial charge is 0.328 e. The minimum absolute atomic E-state index is 0.333. The van der Waals surface area contributed by atoms with Gasteiger partial charge in [0.05, 0.1) is 0 Å². The van der Waals surface area contributed by atoms with Gasteiger partial charge in [0.25, 0.3) is 0 Å². The lowest BCUT2D eigenvalue weighted by atomic mass is 10.1. The Kier molecular flexibility index (Phi) is 3.68. The van der Waals surface area contributed by atoms with Crippen LogP contribution < -0.4 is 5.32 Å². The monoisotopic (exact) mass is 197 g/mol. The molecule has 1 rings (SSSR count).